The summed E-state index contributed by atoms with van der Waals surface area (Å²) in [6, 6.07) is 11.2. The lowest BCUT2D eigenvalue weighted by atomic mass is 10.1. The van der Waals surface area contributed by atoms with Gasteiger partial charge in [0.15, 0.2) is 17.3 Å². The number of carbonyl (C=O) groups excluding carboxylic acids is 2. The van der Waals surface area contributed by atoms with E-state index < -0.39 is 0 Å². The van der Waals surface area contributed by atoms with Crippen LogP contribution in [0.5, 0.6) is 11.5 Å². The molecule has 3 rings (SSSR count). The van der Waals surface area contributed by atoms with E-state index in [9.17, 15) is 9.59 Å². The molecule has 0 atom stereocenters. The smallest absolute Gasteiger partial charge is 0.305 e. The highest BCUT2D eigenvalue weighted by Gasteiger charge is 2.12. The Morgan fingerprint density at radius 3 is 2.67 bits per heavy atom. The van der Waals surface area contributed by atoms with Crippen molar-refractivity contribution in [2.24, 2.45) is 0 Å². The van der Waals surface area contributed by atoms with Gasteiger partial charge in [0.2, 0.25) is 0 Å². The Morgan fingerprint density at radius 2 is 1.89 bits per heavy atom. The van der Waals surface area contributed by atoms with E-state index in [1.54, 1.807) is 14.0 Å². The predicted octanol–water partition coefficient (Wildman–Crippen LogP) is 5.21. The zero-order valence-electron chi connectivity index (χ0n) is 20.7. The number of nitrogens with zero attached hydrogens (tertiary/aromatic N) is 2. The monoisotopic (exact) mass is 489 g/mol. The first kappa shape index (κ1) is 26.5. The Morgan fingerprint density at radius 1 is 1.06 bits per heavy atom. The van der Waals surface area contributed by atoms with E-state index in [0.717, 1.165) is 47.8 Å². The molecule has 0 amide bonds. The number of ether oxygens (including phenoxy) is 3. The Kier molecular flexibility index (Phi) is 10.1. The van der Waals surface area contributed by atoms with Crippen molar-refractivity contribution in [2.45, 2.75) is 45.4 Å². The van der Waals surface area contributed by atoms with Crippen molar-refractivity contribution in [3.8, 4) is 23.8 Å². The molecule has 0 aliphatic carbocycles. The third-order valence-corrected chi connectivity index (χ3v) is 5.50. The number of esters is 1. The average Bonchev–Trinajstić information content (AvgIpc) is 2.91. The summed E-state index contributed by atoms with van der Waals surface area (Å²) in [4.78, 5) is 31.6. The number of ketones is 1. The first-order valence-corrected chi connectivity index (χ1v) is 12.0. The minimum Gasteiger partial charge on any atom is -0.493 e. The van der Waals surface area contributed by atoms with Crippen LogP contribution in [0.1, 0.15) is 51.0 Å². The summed E-state index contributed by atoms with van der Waals surface area (Å²) in [5.74, 6) is 4.06. The van der Waals surface area contributed by atoms with Crippen LogP contribution in [0.3, 0.4) is 0 Å². The van der Waals surface area contributed by atoms with Gasteiger partial charge in [-0.25, -0.2) is 9.97 Å². The zero-order valence-corrected chi connectivity index (χ0v) is 20.7. The summed E-state index contributed by atoms with van der Waals surface area (Å²) in [6.07, 6.45) is 11.1. The second-order valence-corrected chi connectivity index (χ2v) is 8.16. The van der Waals surface area contributed by atoms with Crippen molar-refractivity contribution in [3.05, 3.63) is 48.3 Å². The van der Waals surface area contributed by atoms with E-state index in [1.165, 1.54) is 6.33 Å². The molecule has 0 fully saturated rings. The first-order valence-electron chi connectivity index (χ1n) is 12.0. The topological polar surface area (TPSA) is 99.6 Å². The number of unbranched alkanes of at least 4 members (excludes halogenated alkanes) is 3. The van der Waals surface area contributed by atoms with E-state index >= 15 is 0 Å². The fraction of sp³-hybridized carbons (Fsp3) is 0.357. The van der Waals surface area contributed by atoms with Crippen LogP contribution < -0.4 is 14.8 Å². The Hall–Kier alpha value is -4.12. The quantitative estimate of drug-likeness (QED) is 0.187. The lowest BCUT2D eigenvalue weighted by Crippen LogP contribution is -2.12. The number of nitrogens with one attached hydrogen (secondary N) is 1. The lowest BCUT2D eigenvalue weighted by molar-refractivity contribution is -0.147. The number of Topliss-reactive ketones (excluding diaryl/α,β-unsaturated/α-hetero) is 1. The second kappa shape index (κ2) is 13.7. The Bertz CT molecular complexity index is 1240. The molecular weight excluding hydrogens is 458 g/mol. The molecular formula is C28H31N3O5. The van der Waals surface area contributed by atoms with Crippen molar-refractivity contribution in [1.29, 1.82) is 0 Å². The van der Waals surface area contributed by atoms with E-state index in [0.29, 0.717) is 30.3 Å². The maximum atomic E-state index is 11.8. The second-order valence-electron chi connectivity index (χ2n) is 8.16. The number of carbonyl (C=O) groups is 2. The number of hydrogen-bond acceptors (Lipinski definition) is 8. The standard InChI is InChI=1S/C28H31N3O5/c1-4-20-11-10-12-21(15-20)31-28-23-16-26(25(34-3)17-24(23)29-19-30-28)35-14-9-7-6-8-13-22(32)18-36-27(33)5-2/h1,10-12,15-17,19H,5-9,13-14,18H2,2-3H3,(H,29,30,31). The molecule has 1 aromatic heterocycles. The van der Waals surface area contributed by atoms with Gasteiger partial charge in [-0.2, -0.15) is 0 Å². The van der Waals surface area contributed by atoms with Gasteiger partial charge in [0.25, 0.3) is 0 Å². The minimum atomic E-state index is -0.350. The molecule has 1 N–H and O–H groups in total. The number of fused-ring (bicyclic) bond motifs is 1. The van der Waals surface area contributed by atoms with E-state index in [-0.39, 0.29) is 24.8 Å². The van der Waals surface area contributed by atoms with Crippen LogP contribution in [0.2, 0.25) is 0 Å². The van der Waals surface area contributed by atoms with E-state index in [1.807, 2.05) is 36.4 Å². The maximum Gasteiger partial charge on any atom is 0.305 e. The van der Waals surface area contributed by atoms with Crippen LogP contribution in [0.4, 0.5) is 11.5 Å². The summed E-state index contributed by atoms with van der Waals surface area (Å²) in [7, 11) is 1.59. The maximum absolute atomic E-state index is 11.8. The fourth-order valence-corrected chi connectivity index (χ4v) is 3.55. The van der Waals surface area contributed by atoms with Gasteiger partial charge in [-0.05, 0) is 37.1 Å². The molecule has 0 aliphatic heterocycles. The molecule has 2 aromatic carbocycles. The molecule has 0 saturated carbocycles. The lowest BCUT2D eigenvalue weighted by Gasteiger charge is -2.14. The van der Waals surface area contributed by atoms with Crippen LogP contribution in [-0.2, 0) is 14.3 Å². The van der Waals surface area contributed by atoms with Gasteiger partial charge in [0, 0.05) is 35.5 Å². The van der Waals surface area contributed by atoms with Crippen molar-refractivity contribution in [3.63, 3.8) is 0 Å². The third kappa shape index (κ3) is 7.70. The summed E-state index contributed by atoms with van der Waals surface area (Å²) in [5.41, 5.74) is 2.32. The Balaban J connectivity index is 1.55. The van der Waals surface area contributed by atoms with Gasteiger partial charge in [0.1, 0.15) is 18.8 Å². The average molecular weight is 490 g/mol. The van der Waals surface area contributed by atoms with E-state index in [4.69, 9.17) is 20.6 Å². The molecule has 8 heteroatoms. The summed E-state index contributed by atoms with van der Waals surface area (Å²) in [6.45, 7) is 2.07. The molecule has 188 valence electrons. The van der Waals surface area contributed by atoms with Gasteiger partial charge < -0.3 is 19.5 Å². The van der Waals surface area contributed by atoms with Crippen LogP contribution in [-0.4, -0.2) is 42.0 Å². The molecule has 0 saturated heterocycles. The molecule has 3 aromatic rings. The largest absolute Gasteiger partial charge is 0.493 e. The number of anilines is 2. The minimum absolute atomic E-state index is 0.0494. The van der Waals surface area contributed by atoms with Crippen molar-refractivity contribution >= 4 is 34.2 Å². The van der Waals surface area contributed by atoms with Crippen molar-refractivity contribution < 1.29 is 23.8 Å². The summed E-state index contributed by atoms with van der Waals surface area (Å²) < 4.78 is 16.4. The SMILES string of the molecule is C#Cc1cccc(Nc2ncnc3cc(OC)c(OCCCCCCC(=O)COC(=O)CC)cc23)c1. The van der Waals surface area contributed by atoms with Crippen LogP contribution in [0.15, 0.2) is 42.7 Å². The molecule has 0 aliphatic rings. The van der Waals surface area contributed by atoms with Crippen molar-refractivity contribution in [1.82, 2.24) is 9.97 Å². The number of terminal acetylenes is 1. The van der Waals surface area contributed by atoms with Crippen molar-refractivity contribution in [2.75, 3.05) is 25.6 Å². The third-order valence-electron chi connectivity index (χ3n) is 5.50. The predicted molar refractivity (Wildman–Crippen MR) is 139 cm³/mol. The number of methoxy groups -OCH3 is 1. The van der Waals surface area contributed by atoms with Crippen LogP contribution >= 0.6 is 0 Å². The zero-order chi connectivity index (χ0) is 25.8. The first-order chi connectivity index (χ1) is 17.5. The molecule has 36 heavy (non-hydrogen) atoms. The number of aromatic nitrogens is 2. The van der Waals surface area contributed by atoms with Gasteiger partial charge in [-0.3, -0.25) is 9.59 Å². The molecule has 0 spiro atoms. The molecule has 0 unspecified atom stereocenters. The highest BCUT2D eigenvalue weighted by molar-refractivity contribution is 5.93. The van der Waals surface area contributed by atoms with Crippen LogP contribution in [0, 0.1) is 12.3 Å². The molecule has 8 nitrogen and oxygen atoms in total. The highest BCUT2D eigenvalue weighted by Crippen LogP contribution is 2.35. The van der Waals surface area contributed by atoms with Gasteiger partial charge in [-0.15, -0.1) is 6.42 Å². The summed E-state index contributed by atoms with van der Waals surface area (Å²) >= 11 is 0. The number of rotatable bonds is 14. The molecule has 1 heterocycles. The van der Waals surface area contributed by atoms with Crippen LogP contribution in [0.25, 0.3) is 10.9 Å². The molecule has 0 radical (unpaired) electrons. The fourth-order valence-electron chi connectivity index (χ4n) is 3.55. The van der Waals surface area contributed by atoms with E-state index in [2.05, 4.69) is 21.2 Å². The number of benzene rings is 2. The Labute approximate surface area is 211 Å². The van der Waals surface area contributed by atoms with Gasteiger partial charge >= 0.3 is 5.97 Å². The van der Waals surface area contributed by atoms with Gasteiger partial charge in [-0.1, -0.05) is 31.8 Å². The highest BCUT2D eigenvalue weighted by atomic mass is 16.5. The summed E-state index contributed by atoms with van der Waals surface area (Å²) in [5, 5.41) is 4.10. The normalized spacial score (nSPS) is 10.5. The van der Waals surface area contributed by atoms with Gasteiger partial charge in [0.05, 0.1) is 19.2 Å². The number of hydrogen-bond donors (Lipinski definition) is 1. The molecule has 0 bridgehead atoms.